The number of rotatable bonds is 3. The van der Waals surface area contributed by atoms with Crippen molar-refractivity contribution >= 4 is 17.2 Å². The third-order valence-corrected chi connectivity index (χ3v) is 4.89. The molecule has 0 spiro atoms. The molecule has 0 aliphatic carbocycles. The van der Waals surface area contributed by atoms with Gasteiger partial charge in [-0.15, -0.1) is 0 Å². The van der Waals surface area contributed by atoms with Crippen LogP contribution in [0.5, 0.6) is 0 Å². The molecule has 2 aliphatic heterocycles. The second kappa shape index (κ2) is 6.38. The van der Waals surface area contributed by atoms with Gasteiger partial charge in [0.1, 0.15) is 10.8 Å². The van der Waals surface area contributed by atoms with E-state index < -0.39 is 0 Å². The van der Waals surface area contributed by atoms with E-state index in [-0.39, 0.29) is 10.8 Å². The van der Waals surface area contributed by atoms with Gasteiger partial charge in [0.25, 0.3) is 0 Å². The highest BCUT2D eigenvalue weighted by atomic mass is 32.1. The number of halogens is 1. The van der Waals surface area contributed by atoms with Crippen molar-refractivity contribution in [1.82, 2.24) is 9.80 Å². The predicted octanol–water partition coefficient (Wildman–Crippen LogP) is 2.13. The lowest BCUT2D eigenvalue weighted by atomic mass is 9.99. The summed E-state index contributed by atoms with van der Waals surface area (Å²) in [5.74, 6) is -0.202. The zero-order valence-corrected chi connectivity index (χ0v) is 13.0. The summed E-state index contributed by atoms with van der Waals surface area (Å²) in [6.45, 7) is 5.09. The molecule has 3 nitrogen and oxygen atoms in total. The van der Waals surface area contributed by atoms with Crippen LogP contribution in [0.2, 0.25) is 0 Å². The van der Waals surface area contributed by atoms with E-state index in [1.165, 1.54) is 31.9 Å². The lowest BCUT2D eigenvalue weighted by Gasteiger charge is -2.44. The molecular formula is C16H22FN3S. The minimum absolute atomic E-state index is 0.202. The van der Waals surface area contributed by atoms with Crippen molar-refractivity contribution < 1.29 is 4.39 Å². The first-order valence-electron chi connectivity index (χ1n) is 7.68. The summed E-state index contributed by atoms with van der Waals surface area (Å²) in [5.41, 5.74) is 6.87. The van der Waals surface area contributed by atoms with Crippen LogP contribution in [0.3, 0.4) is 0 Å². The van der Waals surface area contributed by atoms with E-state index in [2.05, 4.69) is 9.80 Å². The van der Waals surface area contributed by atoms with Crippen molar-refractivity contribution in [2.45, 2.75) is 31.8 Å². The minimum Gasteiger partial charge on any atom is -0.389 e. The van der Waals surface area contributed by atoms with Gasteiger partial charge in [-0.25, -0.2) is 4.39 Å². The molecule has 2 heterocycles. The van der Waals surface area contributed by atoms with Gasteiger partial charge in [0.05, 0.1) is 0 Å². The minimum atomic E-state index is -0.202. The summed E-state index contributed by atoms with van der Waals surface area (Å²) in [5, 5.41) is 0. The van der Waals surface area contributed by atoms with Crippen LogP contribution in [0.15, 0.2) is 18.2 Å². The van der Waals surface area contributed by atoms with Crippen LogP contribution in [-0.2, 0) is 6.54 Å². The van der Waals surface area contributed by atoms with Crippen LogP contribution in [0.1, 0.15) is 30.4 Å². The molecule has 0 radical (unpaired) electrons. The van der Waals surface area contributed by atoms with Gasteiger partial charge in [-0.3, -0.25) is 9.80 Å². The lowest BCUT2D eigenvalue weighted by molar-refractivity contribution is 0.0452. The number of nitrogens with two attached hydrogens (primary N) is 1. The fourth-order valence-electron chi connectivity index (χ4n) is 3.43. The molecule has 1 atom stereocenters. The Labute approximate surface area is 130 Å². The monoisotopic (exact) mass is 307 g/mol. The van der Waals surface area contributed by atoms with Gasteiger partial charge < -0.3 is 5.73 Å². The molecule has 0 aromatic heterocycles. The zero-order valence-electron chi connectivity index (χ0n) is 12.2. The van der Waals surface area contributed by atoms with E-state index >= 15 is 0 Å². The fourth-order valence-corrected chi connectivity index (χ4v) is 3.56. The third kappa shape index (κ3) is 3.42. The predicted molar refractivity (Wildman–Crippen MR) is 86.8 cm³/mol. The molecular weight excluding hydrogens is 285 g/mol. The Bertz CT molecular complexity index is 534. The first kappa shape index (κ1) is 14.9. The number of piperazine rings is 1. The smallest absolute Gasteiger partial charge is 0.128 e. The molecule has 114 valence electrons. The molecule has 1 aromatic carbocycles. The van der Waals surface area contributed by atoms with E-state index in [4.69, 9.17) is 18.0 Å². The Morgan fingerprint density at radius 2 is 2.14 bits per heavy atom. The number of nitrogens with zero attached hydrogens (tertiary/aromatic N) is 2. The third-order valence-electron chi connectivity index (χ3n) is 4.65. The Hall–Kier alpha value is -1.04. The number of piperidine rings is 1. The highest BCUT2D eigenvalue weighted by Crippen LogP contribution is 2.22. The topological polar surface area (TPSA) is 32.5 Å². The lowest BCUT2D eigenvalue weighted by Crippen LogP contribution is -2.54. The second-order valence-corrected chi connectivity index (χ2v) is 6.53. The molecule has 2 saturated heterocycles. The number of benzene rings is 1. The summed E-state index contributed by atoms with van der Waals surface area (Å²) >= 11 is 4.89. The van der Waals surface area contributed by atoms with Gasteiger partial charge in [-0.2, -0.15) is 0 Å². The van der Waals surface area contributed by atoms with Crippen molar-refractivity contribution in [3.63, 3.8) is 0 Å². The number of thiocarbonyl (C=S) groups is 1. The Morgan fingerprint density at radius 3 is 2.90 bits per heavy atom. The van der Waals surface area contributed by atoms with Gasteiger partial charge in [-0.05, 0) is 25.5 Å². The maximum absolute atomic E-state index is 14.1. The van der Waals surface area contributed by atoms with Crippen LogP contribution in [0.25, 0.3) is 0 Å². The zero-order chi connectivity index (χ0) is 14.8. The average molecular weight is 307 g/mol. The van der Waals surface area contributed by atoms with Crippen LogP contribution >= 0.6 is 12.2 Å². The van der Waals surface area contributed by atoms with Gasteiger partial charge in [0, 0.05) is 43.3 Å². The quantitative estimate of drug-likeness (QED) is 0.867. The van der Waals surface area contributed by atoms with Crippen LogP contribution in [0.4, 0.5) is 4.39 Å². The molecule has 2 fully saturated rings. The van der Waals surface area contributed by atoms with E-state index in [9.17, 15) is 4.39 Å². The molecule has 2 N–H and O–H groups in total. The summed E-state index contributed by atoms with van der Waals surface area (Å²) < 4.78 is 14.1. The molecule has 21 heavy (non-hydrogen) atoms. The highest BCUT2D eigenvalue weighted by molar-refractivity contribution is 7.80. The Balaban J connectivity index is 1.65. The standard InChI is InChI=1S/C16H22FN3S/c17-15-9-12(16(18)21)4-5-13(15)10-19-7-8-20-6-2-1-3-14(20)11-19/h4-5,9,14H,1-3,6-8,10-11H2,(H2,18,21). The number of fused-ring (bicyclic) bond motifs is 1. The average Bonchev–Trinajstić information content (AvgIpc) is 2.49. The fraction of sp³-hybridized carbons (Fsp3) is 0.562. The van der Waals surface area contributed by atoms with Crippen LogP contribution < -0.4 is 5.73 Å². The molecule has 3 rings (SSSR count). The molecule has 5 heteroatoms. The summed E-state index contributed by atoms with van der Waals surface area (Å²) in [4.78, 5) is 5.20. The Morgan fingerprint density at radius 1 is 1.29 bits per heavy atom. The van der Waals surface area contributed by atoms with Crippen molar-refractivity contribution in [2.24, 2.45) is 5.73 Å². The first-order chi connectivity index (χ1) is 10.1. The maximum Gasteiger partial charge on any atom is 0.128 e. The van der Waals surface area contributed by atoms with Crippen molar-refractivity contribution in [1.29, 1.82) is 0 Å². The van der Waals surface area contributed by atoms with Crippen LogP contribution in [-0.4, -0.2) is 47.0 Å². The van der Waals surface area contributed by atoms with E-state index in [1.807, 2.05) is 12.1 Å². The highest BCUT2D eigenvalue weighted by Gasteiger charge is 2.28. The molecule has 0 amide bonds. The first-order valence-corrected chi connectivity index (χ1v) is 8.09. The van der Waals surface area contributed by atoms with Crippen molar-refractivity contribution in [2.75, 3.05) is 26.2 Å². The number of hydrogen-bond donors (Lipinski definition) is 1. The van der Waals surface area contributed by atoms with Gasteiger partial charge in [-0.1, -0.05) is 30.8 Å². The van der Waals surface area contributed by atoms with Crippen molar-refractivity contribution in [3.05, 3.63) is 35.1 Å². The summed E-state index contributed by atoms with van der Waals surface area (Å²) in [6.07, 6.45) is 3.93. The summed E-state index contributed by atoms with van der Waals surface area (Å²) in [6, 6.07) is 5.75. The normalized spacial score (nSPS) is 23.8. The van der Waals surface area contributed by atoms with E-state index in [0.29, 0.717) is 18.2 Å². The largest absolute Gasteiger partial charge is 0.389 e. The SMILES string of the molecule is NC(=S)c1ccc(CN2CCN3CCCCC3C2)c(F)c1. The molecule has 2 aliphatic rings. The molecule has 0 bridgehead atoms. The summed E-state index contributed by atoms with van der Waals surface area (Å²) in [7, 11) is 0. The van der Waals surface area contributed by atoms with E-state index in [0.717, 1.165) is 25.2 Å². The van der Waals surface area contributed by atoms with E-state index in [1.54, 1.807) is 0 Å². The second-order valence-electron chi connectivity index (χ2n) is 6.09. The molecule has 1 unspecified atom stereocenters. The molecule has 0 saturated carbocycles. The van der Waals surface area contributed by atoms with Gasteiger partial charge in [0.2, 0.25) is 0 Å². The number of hydrogen-bond acceptors (Lipinski definition) is 3. The molecule has 1 aromatic rings. The van der Waals surface area contributed by atoms with Crippen LogP contribution in [0, 0.1) is 5.82 Å². The van der Waals surface area contributed by atoms with Gasteiger partial charge in [0.15, 0.2) is 0 Å². The maximum atomic E-state index is 14.1. The van der Waals surface area contributed by atoms with Crippen molar-refractivity contribution in [3.8, 4) is 0 Å². The Kier molecular flexibility index (Phi) is 4.52. The van der Waals surface area contributed by atoms with Gasteiger partial charge >= 0.3 is 0 Å².